The molecular formula is C20H17NO. The maximum absolute atomic E-state index is 5.99. The monoisotopic (exact) mass is 287 g/mol. The Hall–Kier alpha value is -2.61. The molecule has 0 bridgehead atoms. The van der Waals surface area contributed by atoms with Gasteiger partial charge in [-0.25, -0.2) is 0 Å². The molecule has 0 aliphatic heterocycles. The fourth-order valence-corrected chi connectivity index (χ4v) is 3.08. The summed E-state index contributed by atoms with van der Waals surface area (Å²) in [6.45, 7) is 4.41. The van der Waals surface area contributed by atoms with Gasteiger partial charge in [-0.1, -0.05) is 50.2 Å². The predicted octanol–water partition coefficient (Wildman–Crippen LogP) is 5.77. The first-order valence-corrected chi connectivity index (χ1v) is 7.61. The number of furan rings is 1. The third kappa shape index (κ3) is 1.92. The molecule has 0 radical (unpaired) electrons. The Balaban J connectivity index is 2.12. The van der Waals surface area contributed by atoms with Crippen LogP contribution in [0.1, 0.15) is 25.3 Å². The minimum absolute atomic E-state index is 0.428. The standard InChI is InChI=1S/C20H17NO/c1-13(2)14-9-6-12-21-20(14)16-8-5-11-18-19(16)15-7-3-4-10-17(15)22-18/h3-13H,1-2H3. The number of pyridine rings is 1. The van der Waals surface area contributed by atoms with Crippen molar-refractivity contribution in [2.24, 2.45) is 0 Å². The lowest BCUT2D eigenvalue weighted by molar-refractivity contribution is 0.669. The van der Waals surface area contributed by atoms with E-state index in [1.165, 1.54) is 5.56 Å². The topological polar surface area (TPSA) is 26.0 Å². The van der Waals surface area contributed by atoms with Gasteiger partial charge in [0, 0.05) is 22.5 Å². The van der Waals surface area contributed by atoms with Crippen LogP contribution in [0.5, 0.6) is 0 Å². The van der Waals surface area contributed by atoms with Crippen molar-refractivity contribution in [3.05, 3.63) is 66.4 Å². The van der Waals surface area contributed by atoms with Crippen molar-refractivity contribution in [2.45, 2.75) is 19.8 Å². The molecule has 0 fully saturated rings. The molecule has 22 heavy (non-hydrogen) atoms. The Bertz CT molecular complexity index is 966. The maximum atomic E-state index is 5.99. The van der Waals surface area contributed by atoms with E-state index >= 15 is 0 Å². The van der Waals surface area contributed by atoms with E-state index < -0.39 is 0 Å². The molecule has 2 aromatic carbocycles. The quantitative estimate of drug-likeness (QED) is 0.467. The summed E-state index contributed by atoms with van der Waals surface area (Å²) >= 11 is 0. The smallest absolute Gasteiger partial charge is 0.136 e. The van der Waals surface area contributed by atoms with Gasteiger partial charge >= 0.3 is 0 Å². The molecule has 4 aromatic rings. The Morgan fingerprint density at radius 1 is 0.864 bits per heavy atom. The fourth-order valence-electron chi connectivity index (χ4n) is 3.08. The van der Waals surface area contributed by atoms with Crippen molar-refractivity contribution in [1.29, 1.82) is 0 Å². The Morgan fingerprint density at radius 2 is 1.68 bits per heavy atom. The molecule has 2 aromatic heterocycles. The van der Waals surface area contributed by atoms with E-state index in [-0.39, 0.29) is 0 Å². The SMILES string of the molecule is CC(C)c1cccnc1-c1cccc2oc3ccccc3c12. The highest BCUT2D eigenvalue weighted by atomic mass is 16.3. The number of aromatic nitrogens is 1. The Kier molecular flexibility index (Phi) is 2.97. The van der Waals surface area contributed by atoms with Gasteiger partial charge in [-0.05, 0) is 29.7 Å². The van der Waals surface area contributed by atoms with Crippen LogP contribution in [0.2, 0.25) is 0 Å². The summed E-state index contributed by atoms with van der Waals surface area (Å²) in [5, 5.41) is 2.30. The molecule has 0 aliphatic rings. The van der Waals surface area contributed by atoms with E-state index in [0.717, 1.165) is 33.2 Å². The lowest BCUT2D eigenvalue weighted by Crippen LogP contribution is -1.95. The van der Waals surface area contributed by atoms with Crippen LogP contribution in [0.15, 0.2) is 65.2 Å². The zero-order valence-corrected chi connectivity index (χ0v) is 12.7. The number of hydrogen-bond acceptors (Lipinski definition) is 2. The van der Waals surface area contributed by atoms with Crippen molar-refractivity contribution in [3.8, 4) is 11.3 Å². The summed E-state index contributed by atoms with van der Waals surface area (Å²) in [7, 11) is 0. The van der Waals surface area contributed by atoms with E-state index in [9.17, 15) is 0 Å². The van der Waals surface area contributed by atoms with Crippen LogP contribution in [0.25, 0.3) is 33.2 Å². The number of nitrogens with zero attached hydrogens (tertiary/aromatic N) is 1. The molecule has 0 unspecified atom stereocenters. The average Bonchev–Trinajstić information content (AvgIpc) is 2.93. The second-order valence-electron chi connectivity index (χ2n) is 5.87. The highest BCUT2D eigenvalue weighted by Crippen LogP contribution is 2.38. The van der Waals surface area contributed by atoms with Gasteiger partial charge < -0.3 is 4.42 Å². The van der Waals surface area contributed by atoms with E-state index in [4.69, 9.17) is 4.42 Å². The lowest BCUT2D eigenvalue weighted by atomic mass is 9.94. The van der Waals surface area contributed by atoms with Crippen molar-refractivity contribution < 1.29 is 4.42 Å². The summed E-state index contributed by atoms with van der Waals surface area (Å²) < 4.78 is 5.99. The molecular weight excluding hydrogens is 270 g/mol. The Labute approximate surface area is 129 Å². The van der Waals surface area contributed by atoms with Crippen molar-refractivity contribution >= 4 is 21.9 Å². The molecule has 4 rings (SSSR count). The van der Waals surface area contributed by atoms with Gasteiger partial charge in [0.05, 0.1) is 5.69 Å². The van der Waals surface area contributed by atoms with Crippen LogP contribution in [0, 0.1) is 0 Å². The summed E-state index contributed by atoms with van der Waals surface area (Å²) in [4.78, 5) is 4.67. The van der Waals surface area contributed by atoms with E-state index in [1.54, 1.807) is 0 Å². The second kappa shape index (κ2) is 4.99. The van der Waals surface area contributed by atoms with Gasteiger partial charge in [0.15, 0.2) is 0 Å². The molecule has 2 heteroatoms. The third-order valence-electron chi connectivity index (χ3n) is 4.12. The summed E-state index contributed by atoms with van der Waals surface area (Å²) in [5.74, 6) is 0.428. The van der Waals surface area contributed by atoms with Gasteiger partial charge in [-0.3, -0.25) is 4.98 Å². The highest BCUT2D eigenvalue weighted by molar-refractivity contribution is 6.12. The fraction of sp³-hybridized carbons (Fsp3) is 0.150. The zero-order chi connectivity index (χ0) is 15.1. The van der Waals surface area contributed by atoms with Crippen LogP contribution < -0.4 is 0 Å². The number of benzene rings is 2. The van der Waals surface area contributed by atoms with Crippen LogP contribution in [0.4, 0.5) is 0 Å². The summed E-state index contributed by atoms with van der Waals surface area (Å²) in [6.07, 6.45) is 1.86. The van der Waals surface area contributed by atoms with Crippen LogP contribution >= 0.6 is 0 Å². The first-order chi connectivity index (χ1) is 10.8. The van der Waals surface area contributed by atoms with Gasteiger partial charge in [0.1, 0.15) is 11.2 Å². The van der Waals surface area contributed by atoms with Crippen LogP contribution in [-0.4, -0.2) is 4.98 Å². The Morgan fingerprint density at radius 3 is 2.55 bits per heavy atom. The molecule has 0 spiro atoms. The summed E-state index contributed by atoms with van der Waals surface area (Å²) in [5.41, 5.74) is 5.30. The van der Waals surface area contributed by atoms with E-state index in [1.807, 2.05) is 36.5 Å². The van der Waals surface area contributed by atoms with Gasteiger partial charge in [-0.15, -0.1) is 0 Å². The number of hydrogen-bond donors (Lipinski definition) is 0. The highest BCUT2D eigenvalue weighted by Gasteiger charge is 2.16. The van der Waals surface area contributed by atoms with Crippen LogP contribution in [-0.2, 0) is 0 Å². The minimum atomic E-state index is 0.428. The van der Waals surface area contributed by atoms with Gasteiger partial charge in [0.2, 0.25) is 0 Å². The molecule has 0 saturated heterocycles. The molecule has 108 valence electrons. The number of rotatable bonds is 2. The number of fused-ring (bicyclic) bond motifs is 3. The molecule has 0 amide bonds. The molecule has 0 atom stereocenters. The predicted molar refractivity (Wildman–Crippen MR) is 91.0 cm³/mol. The van der Waals surface area contributed by atoms with Crippen molar-refractivity contribution in [2.75, 3.05) is 0 Å². The molecule has 0 N–H and O–H groups in total. The number of para-hydroxylation sites is 1. The zero-order valence-electron chi connectivity index (χ0n) is 12.7. The van der Waals surface area contributed by atoms with E-state index in [2.05, 4.69) is 43.1 Å². The second-order valence-corrected chi connectivity index (χ2v) is 5.87. The van der Waals surface area contributed by atoms with Gasteiger partial charge in [-0.2, -0.15) is 0 Å². The maximum Gasteiger partial charge on any atom is 0.136 e. The van der Waals surface area contributed by atoms with E-state index in [0.29, 0.717) is 5.92 Å². The van der Waals surface area contributed by atoms with Crippen LogP contribution in [0.3, 0.4) is 0 Å². The molecule has 0 aliphatic carbocycles. The first-order valence-electron chi connectivity index (χ1n) is 7.61. The van der Waals surface area contributed by atoms with Crippen molar-refractivity contribution in [1.82, 2.24) is 4.98 Å². The third-order valence-corrected chi connectivity index (χ3v) is 4.12. The van der Waals surface area contributed by atoms with Gasteiger partial charge in [0.25, 0.3) is 0 Å². The summed E-state index contributed by atoms with van der Waals surface area (Å²) in [6, 6.07) is 18.6. The average molecular weight is 287 g/mol. The lowest BCUT2D eigenvalue weighted by Gasteiger charge is -2.12. The molecule has 2 heterocycles. The first kappa shape index (κ1) is 13.1. The molecule has 2 nitrogen and oxygen atoms in total. The molecule has 0 saturated carbocycles. The minimum Gasteiger partial charge on any atom is -0.456 e. The largest absolute Gasteiger partial charge is 0.456 e. The normalized spacial score (nSPS) is 11.6. The van der Waals surface area contributed by atoms with Crippen molar-refractivity contribution in [3.63, 3.8) is 0 Å².